The normalized spacial score (nSPS) is 12.5. The summed E-state index contributed by atoms with van der Waals surface area (Å²) in [6, 6.07) is 0. The minimum Gasteiger partial charge on any atom is -0.460 e. The number of amides is 1. The number of likely N-dealkylation sites (N-methyl/N-ethyl adjacent to an activating group) is 1. The Labute approximate surface area is 84.3 Å². The summed E-state index contributed by atoms with van der Waals surface area (Å²) in [5.74, 6) is -0.765. The number of nitrogens with one attached hydrogen (secondary N) is 1. The largest absolute Gasteiger partial charge is 0.460 e. The molecule has 0 fully saturated rings. The summed E-state index contributed by atoms with van der Waals surface area (Å²) < 4.78 is 4.92. The summed E-state index contributed by atoms with van der Waals surface area (Å²) in [6.45, 7) is 6.08. The van der Waals surface area contributed by atoms with Crippen LogP contribution in [0.4, 0.5) is 0 Å². The van der Waals surface area contributed by atoms with Gasteiger partial charge in [0.15, 0.2) is 0 Å². The number of hydrogen-bond acceptors (Lipinski definition) is 3. The van der Waals surface area contributed by atoms with Crippen LogP contribution < -0.4 is 5.32 Å². The van der Waals surface area contributed by atoms with Gasteiger partial charge in [-0.05, 0) is 20.3 Å². The van der Waals surface area contributed by atoms with Crippen molar-refractivity contribution in [2.24, 2.45) is 0 Å². The number of carbonyl (C=O) groups excluding carboxylic acids is 2. The van der Waals surface area contributed by atoms with Gasteiger partial charge in [0.25, 0.3) is 0 Å². The molecule has 80 valence electrons. The molecule has 0 aliphatic carbocycles. The van der Waals surface area contributed by atoms with E-state index in [9.17, 15) is 9.59 Å². The first-order chi connectivity index (χ1) is 6.60. The monoisotopic (exact) mass is 199 g/mol. The van der Waals surface area contributed by atoms with E-state index in [-0.39, 0.29) is 12.0 Å². The van der Waals surface area contributed by atoms with Crippen LogP contribution in [-0.2, 0) is 14.3 Å². The van der Waals surface area contributed by atoms with E-state index in [4.69, 9.17) is 4.74 Å². The van der Waals surface area contributed by atoms with Gasteiger partial charge in [-0.25, -0.2) is 4.79 Å². The summed E-state index contributed by atoms with van der Waals surface area (Å²) in [4.78, 5) is 21.9. The molecule has 0 radical (unpaired) electrons. The molecule has 0 saturated carbocycles. The van der Waals surface area contributed by atoms with Gasteiger partial charge in [-0.3, -0.25) is 4.79 Å². The summed E-state index contributed by atoms with van der Waals surface area (Å²) in [7, 11) is 0. The standard InChI is InChI=1S/C10H17NO3/c1-4-8(3)14-10(13)7-6-9(12)11-5-2/h6-8H,4-5H2,1-3H3,(H,11,12)/b7-6-. The first-order valence-electron chi connectivity index (χ1n) is 4.76. The fraction of sp³-hybridized carbons (Fsp3) is 0.600. The Morgan fingerprint density at radius 3 is 2.50 bits per heavy atom. The zero-order valence-electron chi connectivity index (χ0n) is 8.87. The molecule has 4 nitrogen and oxygen atoms in total. The van der Waals surface area contributed by atoms with Gasteiger partial charge in [0.2, 0.25) is 5.91 Å². The average Bonchev–Trinajstić information content (AvgIpc) is 2.15. The van der Waals surface area contributed by atoms with Crippen molar-refractivity contribution in [1.29, 1.82) is 0 Å². The maximum absolute atomic E-state index is 11.0. The molecule has 0 bridgehead atoms. The highest BCUT2D eigenvalue weighted by atomic mass is 16.5. The third-order valence-electron chi connectivity index (χ3n) is 1.61. The van der Waals surface area contributed by atoms with Crippen molar-refractivity contribution in [2.45, 2.75) is 33.3 Å². The Morgan fingerprint density at radius 1 is 1.36 bits per heavy atom. The van der Waals surface area contributed by atoms with Crippen molar-refractivity contribution in [1.82, 2.24) is 5.32 Å². The molecule has 1 amide bonds. The molecule has 0 aromatic carbocycles. The van der Waals surface area contributed by atoms with Crippen molar-refractivity contribution in [2.75, 3.05) is 6.54 Å². The molecule has 1 N–H and O–H groups in total. The second-order valence-electron chi connectivity index (χ2n) is 2.88. The Morgan fingerprint density at radius 2 is 2.00 bits per heavy atom. The van der Waals surface area contributed by atoms with Crippen molar-refractivity contribution < 1.29 is 14.3 Å². The lowest BCUT2D eigenvalue weighted by atomic mass is 10.3. The Kier molecular flexibility index (Phi) is 6.45. The zero-order valence-corrected chi connectivity index (χ0v) is 8.87. The molecule has 0 spiro atoms. The molecular formula is C10H17NO3. The lowest BCUT2D eigenvalue weighted by Gasteiger charge is -2.07. The quantitative estimate of drug-likeness (QED) is 0.531. The van der Waals surface area contributed by atoms with Gasteiger partial charge in [0.1, 0.15) is 0 Å². The van der Waals surface area contributed by atoms with Crippen LogP contribution in [0.25, 0.3) is 0 Å². The number of rotatable bonds is 5. The minimum absolute atomic E-state index is 0.110. The van der Waals surface area contributed by atoms with E-state index in [1.165, 1.54) is 6.08 Å². The van der Waals surface area contributed by atoms with E-state index >= 15 is 0 Å². The number of ether oxygens (including phenoxy) is 1. The molecule has 1 atom stereocenters. The van der Waals surface area contributed by atoms with Crippen molar-refractivity contribution in [3.63, 3.8) is 0 Å². The predicted octanol–water partition coefficient (Wildman–Crippen LogP) is 1.02. The SMILES string of the molecule is CCNC(=O)/C=C\C(=O)OC(C)CC. The molecule has 0 aliphatic heterocycles. The van der Waals surface area contributed by atoms with Crippen LogP contribution in [0.1, 0.15) is 27.2 Å². The molecule has 0 rings (SSSR count). The highest BCUT2D eigenvalue weighted by Crippen LogP contribution is 1.96. The van der Waals surface area contributed by atoms with E-state index in [2.05, 4.69) is 5.32 Å². The van der Waals surface area contributed by atoms with E-state index in [0.29, 0.717) is 6.54 Å². The summed E-state index contributed by atoms with van der Waals surface area (Å²) in [6.07, 6.45) is 2.97. The lowest BCUT2D eigenvalue weighted by molar-refractivity contribution is -0.142. The lowest BCUT2D eigenvalue weighted by Crippen LogP contribution is -2.20. The van der Waals surface area contributed by atoms with Crippen LogP contribution >= 0.6 is 0 Å². The fourth-order valence-corrected chi connectivity index (χ4v) is 0.698. The second kappa shape index (κ2) is 7.12. The van der Waals surface area contributed by atoms with Crippen LogP contribution in [0, 0.1) is 0 Å². The van der Waals surface area contributed by atoms with Gasteiger partial charge >= 0.3 is 5.97 Å². The predicted molar refractivity (Wildman–Crippen MR) is 53.7 cm³/mol. The topological polar surface area (TPSA) is 55.4 Å². The van der Waals surface area contributed by atoms with Gasteiger partial charge in [-0.1, -0.05) is 6.92 Å². The highest BCUT2D eigenvalue weighted by molar-refractivity contribution is 5.94. The molecule has 14 heavy (non-hydrogen) atoms. The van der Waals surface area contributed by atoms with Crippen LogP contribution in [-0.4, -0.2) is 24.5 Å². The fourth-order valence-electron chi connectivity index (χ4n) is 0.698. The maximum atomic E-state index is 11.0. The molecule has 0 heterocycles. The molecule has 4 heteroatoms. The molecule has 0 saturated heterocycles. The first-order valence-corrected chi connectivity index (χ1v) is 4.76. The Hall–Kier alpha value is -1.32. The maximum Gasteiger partial charge on any atom is 0.331 e. The molecular weight excluding hydrogens is 182 g/mol. The van der Waals surface area contributed by atoms with Crippen LogP contribution in [0.3, 0.4) is 0 Å². The van der Waals surface area contributed by atoms with Crippen molar-refractivity contribution in [3.8, 4) is 0 Å². The van der Waals surface area contributed by atoms with Crippen LogP contribution in [0.5, 0.6) is 0 Å². The molecule has 1 unspecified atom stereocenters. The minimum atomic E-state index is -0.481. The van der Waals surface area contributed by atoms with Crippen molar-refractivity contribution >= 4 is 11.9 Å². The van der Waals surface area contributed by atoms with Crippen molar-refractivity contribution in [3.05, 3.63) is 12.2 Å². The smallest absolute Gasteiger partial charge is 0.331 e. The van der Waals surface area contributed by atoms with Gasteiger partial charge in [-0.15, -0.1) is 0 Å². The second-order valence-corrected chi connectivity index (χ2v) is 2.88. The first kappa shape index (κ1) is 12.7. The summed E-state index contributed by atoms with van der Waals surface area (Å²) in [5.41, 5.74) is 0. The number of hydrogen-bond donors (Lipinski definition) is 1. The van der Waals surface area contributed by atoms with Gasteiger partial charge < -0.3 is 10.1 Å². The van der Waals surface area contributed by atoms with E-state index in [1.807, 2.05) is 13.8 Å². The summed E-state index contributed by atoms with van der Waals surface area (Å²) in [5, 5.41) is 2.53. The van der Waals surface area contributed by atoms with E-state index < -0.39 is 5.97 Å². The zero-order chi connectivity index (χ0) is 11.0. The van der Waals surface area contributed by atoms with Gasteiger partial charge in [0, 0.05) is 18.7 Å². The van der Waals surface area contributed by atoms with Crippen LogP contribution in [0.2, 0.25) is 0 Å². The van der Waals surface area contributed by atoms with Crippen LogP contribution in [0.15, 0.2) is 12.2 Å². The molecule has 0 aliphatic rings. The average molecular weight is 199 g/mol. The Balaban J connectivity index is 3.87. The molecule has 0 aromatic rings. The van der Waals surface area contributed by atoms with E-state index in [1.54, 1.807) is 6.92 Å². The third-order valence-corrected chi connectivity index (χ3v) is 1.61. The van der Waals surface area contributed by atoms with E-state index in [0.717, 1.165) is 12.5 Å². The third kappa shape index (κ3) is 6.22. The number of esters is 1. The Bertz CT molecular complexity index is 223. The van der Waals surface area contributed by atoms with Gasteiger partial charge in [-0.2, -0.15) is 0 Å². The number of carbonyl (C=O) groups is 2. The summed E-state index contributed by atoms with van der Waals surface area (Å²) >= 11 is 0. The van der Waals surface area contributed by atoms with Gasteiger partial charge in [0.05, 0.1) is 6.10 Å². The highest BCUT2D eigenvalue weighted by Gasteiger charge is 2.03. The molecule has 0 aromatic heterocycles.